The van der Waals surface area contributed by atoms with E-state index in [0.29, 0.717) is 11.3 Å². The Morgan fingerprint density at radius 3 is 2.74 bits per heavy atom. The van der Waals surface area contributed by atoms with Crippen LogP contribution in [-0.2, 0) is 4.79 Å². The highest BCUT2D eigenvalue weighted by Crippen LogP contribution is 2.24. The monoisotopic (exact) mass is 316 g/mol. The Kier molecular flexibility index (Phi) is 4.29. The number of imide groups is 1. The third-order valence-corrected chi connectivity index (χ3v) is 4.30. The van der Waals surface area contributed by atoms with Crippen molar-refractivity contribution in [2.75, 3.05) is 11.4 Å². The summed E-state index contributed by atoms with van der Waals surface area (Å²) in [6.07, 6.45) is 2.77. The molecule has 1 saturated carbocycles. The molecule has 0 radical (unpaired) electrons. The molecule has 7 nitrogen and oxygen atoms in total. The molecule has 3 rings (SSSR count). The molecule has 0 unspecified atom stereocenters. The van der Waals surface area contributed by atoms with Crippen molar-refractivity contribution in [3.63, 3.8) is 0 Å². The van der Waals surface area contributed by atoms with Gasteiger partial charge in [0, 0.05) is 25.0 Å². The Labute approximate surface area is 134 Å². The van der Waals surface area contributed by atoms with Gasteiger partial charge in [-0.15, -0.1) is 0 Å². The average molecular weight is 316 g/mol. The summed E-state index contributed by atoms with van der Waals surface area (Å²) in [5, 5.41) is 5.26. The minimum Gasteiger partial charge on any atom is -0.349 e. The summed E-state index contributed by atoms with van der Waals surface area (Å²) >= 11 is 0. The third-order valence-electron chi connectivity index (χ3n) is 4.30. The number of para-hydroxylation sites is 1. The smallest absolute Gasteiger partial charge is 0.328 e. The van der Waals surface area contributed by atoms with E-state index in [1.807, 2.05) is 0 Å². The minimum absolute atomic E-state index is 0.0716. The fraction of sp³-hybridized carbons (Fsp3) is 0.438. The molecule has 7 heteroatoms. The lowest BCUT2D eigenvalue weighted by Crippen LogP contribution is -2.50. The van der Waals surface area contributed by atoms with Crippen molar-refractivity contribution in [1.82, 2.24) is 10.6 Å². The molecule has 0 aromatic heterocycles. The van der Waals surface area contributed by atoms with Crippen LogP contribution in [0.1, 0.15) is 36.0 Å². The molecule has 2 aliphatic rings. The summed E-state index contributed by atoms with van der Waals surface area (Å²) in [6.45, 7) is 0.267. The van der Waals surface area contributed by atoms with Crippen molar-refractivity contribution >= 4 is 23.5 Å². The van der Waals surface area contributed by atoms with E-state index in [0.717, 1.165) is 19.3 Å². The second kappa shape index (κ2) is 6.37. The van der Waals surface area contributed by atoms with Crippen LogP contribution < -0.4 is 21.3 Å². The number of nitrogens with one attached hydrogen (secondary N) is 2. The standard InChI is InChI=1S/C16H20N4O3/c17-10-5-6-11(9-10)18-15(22)12-3-1-2-4-13(12)20-8-7-14(21)19-16(20)23/h1-4,10-11H,5-9,17H2,(H,18,22)(H,19,21,23)/t10-,11-/m1/s1. The molecule has 4 N–H and O–H groups in total. The van der Waals surface area contributed by atoms with E-state index in [1.54, 1.807) is 24.3 Å². The van der Waals surface area contributed by atoms with Crippen molar-refractivity contribution in [1.29, 1.82) is 0 Å². The number of carbonyl (C=O) groups excluding carboxylic acids is 3. The predicted octanol–water partition coefficient (Wildman–Crippen LogP) is 0.742. The molecule has 0 bridgehead atoms. The number of nitrogens with two attached hydrogens (primary N) is 1. The summed E-state index contributed by atoms with van der Waals surface area (Å²) in [7, 11) is 0. The highest BCUT2D eigenvalue weighted by molar-refractivity contribution is 6.09. The Balaban J connectivity index is 1.79. The number of hydrogen-bond acceptors (Lipinski definition) is 4. The molecular formula is C16H20N4O3. The molecule has 1 aromatic rings. The van der Waals surface area contributed by atoms with Gasteiger partial charge in [-0.3, -0.25) is 19.8 Å². The van der Waals surface area contributed by atoms with E-state index >= 15 is 0 Å². The van der Waals surface area contributed by atoms with Crippen LogP contribution in [0.4, 0.5) is 10.5 Å². The molecule has 1 saturated heterocycles. The number of nitrogens with zero attached hydrogens (tertiary/aromatic N) is 1. The summed E-state index contributed by atoms with van der Waals surface area (Å²) < 4.78 is 0. The second-order valence-electron chi connectivity index (χ2n) is 6.02. The van der Waals surface area contributed by atoms with Crippen LogP contribution in [-0.4, -0.2) is 36.5 Å². The van der Waals surface area contributed by atoms with Crippen LogP contribution in [0, 0.1) is 0 Å². The Morgan fingerprint density at radius 1 is 1.26 bits per heavy atom. The van der Waals surface area contributed by atoms with Crippen LogP contribution in [0.25, 0.3) is 0 Å². The van der Waals surface area contributed by atoms with Crippen LogP contribution in [0.2, 0.25) is 0 Å². The van der Waals surface area contributed by atoms with Gasteiger partial charge in [-0.2, -0.15) is 0 Å². The first-order valence-electron chi connectivity index (χ1n) is 7.81. The average Bonchev–Trinajstić information content (AvgIpc) is 2.92. The van der Waals surface area contributed by atoms with Gasteiger partial charge in [-0.1, -0.05) is 12.1 Å². The Bertz CT molecular complexity index is 646. The number of rotatable bonds is 3. The van der Waals surface area contributed by atoms with E-state index in [1.165, 1.54) is 4.90 Å². The molecule has 1 aliphatic heterocycles. The summed E-state index contributed by atoms with van der Waals surface area (Å²) in [5.74, 6) is -0.516. The fourth-order valence-electron chi connectivity index (χ4n) is 3.11. The molecule has 2 atom stereocenters. The second-order valence-corrected chi connectivity index (χ2v) is 6.02. The summed E-state index contributed by atoms with van der Waals surface area (Å²) in [4.78, 5) is 37.3. The molecule has 122 valence electrons. The number of amides is 4. The quantitative estimate of drug-likeness (QED) is 0.765. The zero-order valence-electron chi connectivity index (χ0n) is 12.7. The Morgan fingerprint density at radius 2 is 2.04 bits per heavy atom. The van der Waals surface area contributed by atoms with Crippen molar-refractivity contribution < 1.29 is 14.4 Å². The number of carbonyl (C=O) groups is 3. The van der Waals surface area contributed by atoms with Gasteiger partial charge in [0.2, 0.25) is 5.91 Å². The van der Waals surface area contributed by atoms with Gasteiger partial charge in [0.1, 0.15) is 0 Å². The maximum atomic E-state index is 12.6. The number of hydrogen-bond donors (Lipinski definition) is 3. The molecule has 2 fully saturated rings. The zero-order chi connectivity index (χ0) is 16.4. The van der Waals surface area contributed by atoms with Gasteiger partial charge in [0.15, 0.2) is 0 Å². The molecule has 1 aliphatic carbocycles. The molecule has 1 aromatic carbocycles. The maximum Gasteiger partial charge on any atom is 0.328 e. The largest absolute Gasteiger partial charge is 0.349 e. The lowest BCUT2D eigenvalue weighted by molar-refractivity contribution is -0.120. The zero-order valence-corrected chi connectivity index (χ0v) is 12.7. The molecule has 4 amide bonds. The van der Waals surface area contributed by atoms with E-state index < -0.39 is 6.03 Å². The van der Waals surface area contributed by atoms with Gasteiger partial charge in [-0.05, 0) is 31.4 Å². The summed E-state index contributed by atoms with van der Waals surface area (Å²) in [6, 6.07) is 6.63. The highest BCUT2D eigenvalue weighted by Gasteiger charge is 2.29. The van der Waals surface area contributed by atoms with E-state index in [2.05, 4.69) is 10.6 Å². The minimum atomic E-state index is -0.496. The van der Waals surface area contributed by atoms with E-state index in [4.69, 9.17) is 5.73 Å². The first-order chi connectivity index (χ1) is 11.0. The summed E-state index contributed by atoms with van der Waals surface area (Å²) in [5.41, 5.74) is 6.81. The fourth-order valence-corrected chi connectivity index (χ4v) is 3.11. The van der Waals surface area contributed by atoms with Crippen molar-refractivity contribution in [2.24, 2.45) is 5.73 Å². The first-order valence-corrected chi connectivity index (χ1v) is 7.81. The van der Waals surface area contributed by atoms with Gasteiger partial charge in [-0.25, -0.2) is 4.79 Å². The van der Waals surface area contributed by atoms with E-state index in [9.17, 15) is 14.4 Å². The van der Waals surface area contributed by atoms with Crippen LogP contribution in [0.15, 0.2) is 24.3 Å². The molecule has 0 spiro atoms. The Hall–Kier alpha value is -2.41. The lowest BCUT2D eigenvalue weighted by Gasteiger charge is -2.28. The van der Waals surface area contributed by atoms with Crippen LogP contribution in [0.3, 0.4) is 0 Å². The molecule has 1 heterocycles. The highest BCUT2D eigenvalue weighted by atomic mass is 16.2. The van der Waals surface area contributed by atoms with Gasteiger partial charge >= 0.3 is 6.03 Å². The van der Waals surface area contributed by atoms with Crippen molar-refractivity contribution in [3.05, 3.63) is 29.8 Å². The van der Waals surface area contributed by atoms with E-state index in [-0.39, 0.29) is 36.9 Å². The maximum absolute atomic E-state index is 12.6. The predicted molar refractivity (Wildman–Crippen MR) is 85.0 cm³/mol. The SMILES string of the molecule is N[C@@H]1CC[C@@H](NC(=O)c2ccccc2N2CCC(=O)NC2=O)C1. The van der Waals surface area contributed by atoms with Crippen molar-refractivity contribution in [3.8, 4) is 0 Å². The number of anilines is 1. The van der Waals surface area contributed by atoms with Crippen LogP contribution >= 0.6 is 0 Å². The van der Waals surface area contributed by atoms with Gasteiger partial charge < -0.3 is 11.1 Å². The number of benzene rings is 1. The van der Waals surface area contributed by atoms with Gasteiger partial charge in [0.25, 0.3) is 5.91 Å². The first kappa shape index (κ1) is 15.5. The molecular weight excluding hydrogens is 296 g/mol. The normalized spacial score (nSPS) is 24.5. The molecule has 23 heavy (non-hydrogen) atoms. The van der Waals surface area contributed by atoms with Crippen molar-refractivity contribution in [2.45, 2.75) is 37.8 Å². The van der Waals surface area contributed by atoms with Gasteiger partial charge in [0.05, 0.1) is 11.3 Å². The topological polar surface area (TPSA) is 105 Å². The van der Waals surface area contributed by atoms with Crippen LogP contribution in [0.5, 0.6) is 0 Å². The third kappa shape index (κ3) is 3.34. The number of urea groups is 1. The lowest BCUT2D eigenvalue weighted by atomic mass is 10.1.